The van der Waals surface area contributed by atoms with E-state index >= 15 is 0 Å². The van der Waals surface area contributed by atoms with Crippen molar-refractivity contribution in [2.24, 2.45) is 0 Å². The maximum atomic E-state index is 12.8. The molecule has 0 aliphatic rings. The number of hydrogen-bond donors (Lipinski definition) is 0. The second-order valence-electron chi connectivity index (χ2n) is 18.4. The Morgan fingerprint density at radius 1 is 0.266 bits per heavy atom. The van der Waals surface area contributed by atoms with Gasteiger partial charge in [-0.2, -0.15) is 0 Å². The number of hydrogen-bond acceptors (Lipinski definition) is 6. The zero-order chi connectivity index (χ0) is 57.1. The van der Waals surface area contributed by atoms with Gasteiger partial charge in [-0.25, -0.2) is 0 Å². The second kappa shape index (κ2) is 64.0. The summed E-state index contributed by atoms with van der Waals surface area (Å²) in [5.41, 5.74) is 0. The molecule has 0 rings (SSSR count). The lowest BCUT2D eigenvalue weighted by atomic mass is 10.2. The van der Waals surface area contributed by atoms with E-state index in [1.807, 2.05) is 18.2 Å². The molecule has 0 fully saturated rings. The first-order valence-corrected chi connectivity index (χ1v) is 29.9. The quantitative estimate of drug-likeness (QED) is 0.0261. The molecule has 0 bridgehead atoms. The molecule has 0 saturated heterocycles. The van der Waals surface area contributed by atoms with Crippen LogP contribution in [0.15, 0.2) is 231 Å². The number of rotatable bonds is 50. The molecule has 1 atom stereocenters. The molecule has 6 heteroatoms. The summed E-state index contributed by atoms with van der Waals surface area (Å²) in [7, 11) is 0. The summed E-state index contributed by atoms with van der Waals surface area (Å²) < 4.78 is 16.6. The molecule has 0 N–H and O–H groups in total. The third-order valence-corrected chi connectivity index (χ3v) is 11.2. The topological polar surface area (TPSA) is 78.9 Å². The summed E-state index contributed by atoms with van der Waals surface area (Å²) >= 11 is 0. The minimum Gasteiger partial charge on any atom is -0.462 e. The highest BCUT2D eigenvalue weighted by Gasteiger charge is 2.19. The van der Waals surface area contributed by atoms with Crippen LogP contribution in [0.25, 0.3) is 0 Å². The van der Waals surface area contributed by atoms with Gasteiger partial charge in [0, 0.05) is 12.8 Å². The third kappa shape index (κ3) is 62.2. The number of esters is 3. The molecule has 0 spiro atoms. The molecule has 0 saturated carbocycles. The minimum absolute atomic E-state index is 0.0890. The highest BCUT2D eigenvalue weighted by molar-refractivity contribution is 5.72. The smallest absolute Gasteiger partial charge is 0.309 e. The summed E-state index contributed by atoms with van der Waals surface area (Å²) in [5, 5.41) is 0. The minimum atomic E-state index is -0.894. The maximum absolute atomic E-state index is 12.8. The molecular formula is C73H104O6. The van der Waals surface area contributed by atoms with Crippen molar-refractivity contribution in [1.29, 1.82) is 0 Å². The summed E-state index contributed by atoms with van der Waals surface area (Å²) in [6, 6.07) is 0. The molecule has 6 nitrogen and oxygen atoms in total. The van der Waals surface area contributed by atoms with E-state index < -0.39 is 18.0 Å². The van der Waals surface area contributed by atoms with Crippen LogP contribution in [0.2, 0.25) is 0 Å². The number of allylic oxidation sites excluding steroid dienone is 37. The van der Waals surface area contributed by atoms with Gasteiger partial charge in [-0.15, -0.1) is 0 Å². The van der Waals surface area contributed by atoms with Crippen molar-refractivity contribution in [1.82, 2.24) is 0 Å². The Kier molecular flexibility index (Phi) is 58.7. The average Bonchev–Trinajstić information content (AvgIpc) is 3.45. The summed E-state index contributed by atoms with van der Waals surface area (Å²) in [6.45, 7) is 6.07. The molecule has 0 aromatic rings. The first-order chi connectivity index (χ1) is 39.0. The standard InChI is InChI=1S/C73H104O6/c1-4-7-10-13-16-19-22-25-28-30-32-33-34-35-36-37-38-39-41-42-45-48-51-54-57-60-63-66-72(75)78-69-70(68-77-71(74)65-62-59-56-53-50-47-44-27-24-21-18-15-12-9-6-3)79-73(76)67-64-61-58-55-52-49-46-43-40-31-29-26-23-20-17-14-11-8-5-2/h7-12,16-21,25-29,32-33,35-36,38-40,42-45,49-54,58-59,61-62,70H,4-6,13-15,22-24,30-31,34,37,41,46-48,55-57,60,63-69H2,1-3H3/b10-7-,11-8-,12-9-,19-16-,20-17-,21-18-,28-25-,29-26-,33-32-,36-35-,39-38-,43-40-,44-27-,45-42-,52-49-,53-50-,54-51-,61-58-,62-59-. The van der Waals surface area contributed by atoms with E-state index in [1.165, 1.54) is 0 Å². The predicted molar refractivity (Wildman–Crippen MR) is 343 cm³/mol. The Labute approximate surface area is 482 Å². The van der Waals surface area contributed by atoms with Gasteiger partial charge in [0.25, 0.3) is 0 Å². The van der Waals surface area contributed by atoms with Gasteiger partial charge in [0.1, 0.15) is 13.2 Å². The molecule has 0 heterocycles. The van der Waals surface area contributed by atoms with Gasteiger partial charge >= 0.3 is 17.9 Å². The van der Waals surface area contributed by atoms with E-state index in [-0.39, 0.29) is 38.4 Å². The van der Waals surface area contributed by atoms with Crippen molar-refractivity contribution in [3.8, 4) is 0 Å². The molecule has 432 valence electrons. The van der Waals surface area contributed by atoms with Crippen LogP contribution in [0.4, 0.5) is 0 Å². The lowest BCUT2D eigenvalue weighted by molar-refractivity contribution is -0.166. The van der Waals surface area contributed by atoms with Crippen molar-refractivity contribution in [2.45, 2.75) is 194 Å². The predicted octanol–water partition coefficient (Wildman–Crippen LogP) is 20.8. The van der Waals surface area contributed by atoms with Crippen LogP contribution >= 0.6 is 0 Å². The number of carbonyl (C=O) groups excluding carboxylic acids is 3. The molecule has 0 aliphatic heterocycles. The highest BCUT2D eigenvalue weighted by atomic mass is 16.6. The van der Waals surface area contributed by atoms with Gasteiger partial charge in [0.2, 0.25) is 0 Å². The zero-order valence-corrected chi connectivity index (χ0v) is 49.3. The third-order valence-electron chi connectivity index (χ3n) is 11.2. The van der Waals surface area contributed by atoms with Crippen LogP contribution in [0.5, 0.6) is 0 Å². The second-order valence-corrected chi connectivity index (χ2v) is 18.4. The van der Waals surface area contributed by atoms with Crippen molar-refractivity contribution in [3.63, 3.8) is 0 Å². The lowest BCUT2D eigenvalue weighted by Crippen LogP contribution is -2.30. The van der Waals surface area contributed by atoms with Crippen LogP contribution in [-0.4, -0.2) is 37.2 Å². The number of unbranched alkanes of at least 4 members (excludes halogenated alkanes) is 2. The molecule has 0 radical (unpaired) electrons. The fraction of sp³-hybridized carbons (Fsp3) is 0.438. The molecular weight excluding hydrogens is 973 g/mol. The van der Waals surface area contributed by atoms with Gasteiger partial charge in [-0.1, -0.05) is 252 Å². The Hall–Kier alpha value is -6.53. The van der Waals surface area contributed by atoms with E-state index in [1.54, 1.807) is 6.08 Å². The fourth-order valence-electron chi connectivity index (χ4n) is 6.85. The van der Waals surface area contributed by atoms with E-state index in [0.717, 1.165) is 128 Å². The van der Waals surface area contributed by atoms with Gasteiger partial charge in [0.05, 0.1) is 6.42 Å². The Morgan fingerprint density at radius 2 is 0.519 bits per heavy atom. The summed E-state index contributed by atoms with van der Waals surface area (Å²) in [5.74, 6) is -1.25. The molecule has 0 aliphatic carbocycles. The van der Waals surface area contributed by atoms with Crippen LogP contribution in [0, 0.1) is 0 Å². The van der Waals surface area contributed by atoms with Crippen LogP contribution in [0.3, 0.4) is 0 Å². The fourth-order valence-corrected chi connectivity index (χ4v) is 6.85. The van der Waals surface area contributed by atoms with Crippen molar-refractivity contribution < 1.29 is 28.6 Å². The summed E-state index contributed by atoms with van der Waals surface area (Å²) in [6.07, 6.45) is 102. The molecule has 0 aromatic carbocycles. The number of carbonyl (C=O) groups is 3. The SMILES string of the molecule is CC/C=C\C/C=C\C/C=C\C/C=C\C/C=C\C/C=C\C/C=C\C/C=C\CCCCC(=O)OCC(COC(=O)C/C=C\C/C=C\C/C=C\C/C=C\C/C=C\CC)OC(=O)CC/C=C\C/C=C\C/C=C\C/C=C\C/C=C\C/C=C\CC. The largest absolute Gasteiger partial charge is 0.462 e. The molecule has 1 unspecified atom stereocenters. The van der Waals surface area contributed by atoms with E-state index in [0.29, 0.717) is 19.3 Å². The van der Waals surface area contributed by atoms with Crippen molar-refractivity contribution in [3.05, 3.63) is 231 Å². The first-order valence-electron chi connectivity index (χ1n) is 29.9. The maximum Gasteiger partial charge on any atom is 0.309 e. The van der Waals surface area contributed by atoms with Gasteiger partial charge in [0.15, 0.2) is 6.10 Å². The van der Waals surface area contributed by atoms with E-state index in [4.69, 9.17) is 14.2 Å². The van der Waals surface area contributed by atoms with Crippen LogP contribution in [0.1, 0.15) is 188 Å². The van der Waals surface area contributed by atoms with Gasteiger partial charge in [-0.05, 0) is 148 Å². The lowest BCUT2D eigenvalue weighted by Gasteiger charge is -2.18. The summed E-state index contributed by atoms with van der Waals surface area (Å²) in [4.78, 5) is 38.1. The van der Waals surface area contributed by atoms with Gasteiger partial charge in [-0.3, -0.25) is 14.4 Å². The zero-order valence-electron chi connectivity index (χ0n) is 49.3. The highest BCUT2D eigenvalue weighted by Crippen LogP contribution is 2.08. The first kappa shape index (κ1) is 72.5. The Bertz CT molecular complexity index is 2060. The monoisotopic (exact) mass is 1080 g/mol. The normalized spacial score (nSPS) is 13.8. The average molecular weight is 1080 g/mol. The molecule has 0 amide bonds. The van der Waals surface area contributed by atoms with Crippen LogP contribution in [-0.2, 0) is 28.6 Å². The van der Waals surface area contributed by atoms with Crippen molar-refractivity contribution >= 4 is 17.9 Å². The van der Waals surface area contributed by atoms with Crippen molar-refractivity contribution in [2.75, 3.05) is 13.2 Å². The molecule has 79 heavy (non-hydrogen) atoms. The molecule has 0 aromatic heterocycles. The van der Waals surface area contributed by atoms with Gasteiger partial charge < -0.3 is 14.2 Å². The Balaban J connectivity index is 4.69. The van der Waals surface area contributed by atoms with E-state index in [9.17, 15) is 14.4 Å². The Morgan fingerprint density at radius 3 is 0.823 bits per heavy atom. The number of ether oxygens (including phenoxy) is 3. The van der Waals surface area contributed by atoms with Crippen LogP contribution < -0.4 is 0 Å². The van der Waals surface area contributed by atoms with E-state index in [2.05, 4.69) is 227 Å².